The first kappa shape index (κ1) is 99.7. The van der Waals surface area contributed by atoms with Crippen molar-refractivity contribution in [3.05, 3.63) is 170 Å². The van der Waals surface area contributed by atoms with Crippen LogP contribution in [0.25, 0.3) is 0 Å². The quantitative estimate of drug-likeness (QED) is 0.0211. The van der Waals surface area contributed by atoms with E-state index in [4.69, 9.17) is 18.9 Å². The molecule has 0 aliphatic carbocycles. The number of allylic oxidation sites excluding steroid dienone is 28. The van der Waals surface area contributed by atoms with Gasteiger partial charge in [0, 0.05) is 12.8 Å². The van der Waals surface area contributed by atoms with Gasteiger partial charge in [-0.3, -0.25) is 9.59 Å². The fraction of sp³-hybridized carbons (Fsp3) is 0.677. The zero-order valence-electron chi connectivity index (χ0n) is 68.6. The Balaban J connectivity index is 4.08. The molecule has 0 rings (SSSR count). The molecule has 0 bridgehead atoms. The number of quaternary nitrogens is 1. The van der Waals surface area contributed by atoms with Crippen molar-refractivity contribution >= 4 is 17.9 Å². The number of carbonyl (C=O) groups is 3. The molecule has 1 N–H and O–H groups in total. The molecule has 0 aliphatic rings. The van der Waals surface area contributed by atoms with Gasteiger partial charge in [0.25, 0.3) is 6.29 Å². The maximum Gasteiger partial charge on any atom is 0.361 e. The molecular formula is C96H162NO8+. The van der Waals surface area contributed by atoms with Crippen LogP contribution < -0.4 is 0 Å². The Labute approximate surface area is 647 Å². The number of unbranched alkanes of at least 4 members (excludes halogenated alkanes) is 36. The van der Waals surface area contributed by atoms with Crippen molar-refractivity contribution in [1.82, 2.24) is 0 Å². The lowest BCUT2D eigenvalue weighted by Gasteiger charge is -2.25. The summed E-state index contributed by atoms with van der Waals surface area (Å²) in [7, 11) is 5.97. The van der Waals surface area contributed by atoms with Crippen LogP contribution in [-0.2, 0) is 33.3 Å². The first-order valence-corrected chi connectivity index (χ1v) is 43.3. The van der Waals surface area contributed by atoms with E-state index in [-0.39, 0.29) is 32.2 Å². The fourth-order valence-corrected chi connectivity index (χ4v) is 11.9. The lowest BCUT2D eigenvalue weighted by atomic mass is 10.0. The van der Waals surface area contributed by atoms with Gasteiger partial charge in [-0.2, -0.15) is 0 Å². The van der Waals surface area contributed by atoms with Gasteiger partial charge in [-0.15, -0.1) is 0 Å². The summed E-state index contributed by atoms with van der Waals surface area (Å²) in [5.74, 6) is -2.04. The van der Waals surface area contributed by atoms with Crippen molar-refractivity contribution in [3.63, 3.8) is 0 Å². The van der Waals surface area contributed by atoms with Gasteiger partial charge in [-0.05, 0) is 135 Å². The van der Waals surface area contributed by atoms with Crippen LogP contribution in [0, 0.1) is 0 Å². The Morgan fingerprint density at radius 3 is 0.810 bits per heavy atom. The Kier molecular flexibility index (Phi) is 80.0. The van der Waals surface area contributed by atoms with E-state index in [9.17, 15) is 19.5 Å². The third-order valence-electron chi connectivity index (χ3n) is 18.5. The maximum atomic E-state index is 13.0. The molecule has 9 nitrogen and oxygen atoms in total. The molecule has 598 valence electrons. The highest BCUT2D eigenvalue weighted by atomic mass is 16.7. The van der Waals surface area contributed by atoms with Crippen LogP contribution in [0.15, 0.2) is 170 Å². The fourth-order valence-electron chi connectivity index (χ4n) is 11.9. The van der Waals surface area contributed by atoms with E-state index < -0.39 is 24.3 Å². The van der Waals surface area contributed by atoms with Gasteiger partial charge >= 0.3 is 17.9 Å². The summed E-state index contributed by atoms with van der Waals surface area (Å²) in [5, 5.41) is 9.78. The van der Waals surface area contributed by atoms with Crippen molar-refractivity contribution in [1.29, 1.82) is 0 Å². The largest absolute Gasteiger partial charge is 0.477 e. The first-order chi connectivity index (χ1) is 51.6. The zero-order chi connectivity index (χ0) is 76.0. The molecule has 105 heavy (non-hydrogen) atoms. The average molecular weight is 1460 g/mol. The summed E-state index contributed by atoms with van der Waals surface area (Å²) >= 11 is 0. The second-order valence-corrected chi connectivity index (χ2v) is 29.8. The monoisotopic (exact) mass is 1460 g/mol. The molecule has 2 unspecified atom stereocenters. The molecule has 0 heterocycles. The summed E-state index contributed by atoms with van der Waals surface area (Å²) in [5.41, 5.74) is 0. The number of esters is 2. The second-order valence-electron chi connectivity index (χ2n) is 29.8. The van der Waals surface area contributed by atoms with Crippen molar-refractivity contribution in [2.24, 2.45) is 0 Å². The van der Waals surface area contributed by atoms with Crippen LogP contribution in [0.3, 0.4) is 0 Å². The lowest BCUT2D eigenvalue weighted by Crippen LogP contribution is -2.40. The minimum Gasteiger partial charge on any atom is -0.477 e. The molecule has 0 radical (unpaired) electrons. The summed E-state index contributed by atoms with van der Waals surface area (Å²) in [6, 6.07) is 0. The maximum absolute atomic E-state index is 13.0. The first-order valence-electron chi connectivity index (χ1n) is 43.3. The number of carboxylic acids is 1. The van der Waals surface area contributed by atoms with Gasteiger partial charge in [0.2, 0.25) is 0 Å². The minimum atomic E-state index is -1.53. The van der Waals surface area contributed by atoms with Gasteiger partial charge in [0.05, 0.1) is 34.4 Å². The van der Waals surface area contributed by atoms with Gasteiger partial charge in [-0.25, -0.2) is 4.79 Å². The van der Waals surface area contributed by atoms with Crippen LogP contribution >= 0.6 is 0 Å². The molecule has 2 atom stereocenters. The number of likely N-dealkylation sites (N-methyl/N-ethyl adjacent to an activating group) is 1. The van der Waals surface area contributed by atoms with E-state index in [2.05, 4.69) is 184 Å². The van der Waals surface area contributed by atoms with Crippen LogP contribution in [0.2, 0.25) is 0 Å². The number of nitrogens with zero attached hydrogens (tertiary/aromatic N) is 1. The molecule has 0 saturated carbocycles. The number of rotatable bonds is 79. The SMILES string of the molecule is CC/C=C\C/C=C\C/C=C\C/C=C\C/C=C\C/C=C\C/C=C\C/C=C\C/C=C\C/C=C\C/C=C\C/C=C\CCCCCCC(=O)OC(COC(=O)CCCCCCCCCCCCCCCCCCCCCCCCCCCCC/C=C\C/C=C\CCCCCCC)COC(OCC[N+](C)(C)C)C(=O)O. The van der Waals surface area contributed by atoms with Gasteiger partial charge in [0.1, 0.15) is 13.2 Å². The third-order valence-corrected chi connectivity index (χ3v) is 18.5. The smallest absolute Gasteiger partial charge is 0.361 e. The number of aliphatic carboxylic acids is 1. The van der Waals surface area contributed by atoms with Crippen molar-refractivity contribution < 1.29 is 42.9 Å². The molecule has 9 heteroatoms. The summed E-state index contributed by atoms with van der Waals surface area (Å²) in [6.45, 7) is 4.74. The van der Waals surface area contributed by atoms with Gasteiger partial charge < -0.3 is 28.5 Å². The standard InChI is InChI=1S/C96H161NO8/c1-6-8-10-12-14-16-18-20-22-24-26-28-30-32-34-36-38-40-42-44-46-47-49-51-53-55-57-59-61-63-65-67-69-71-73-75-77-79-81-83-85-87-94(99)105-92(91-104-96(95(100)101)102-89-88-97(3,4)5)90-103-93(98)86-84-82-80-78-76-74-72-70-68-66-64-62-60-58-56-54-52-50-48-45-43-41-39-37-35-33-31-29-27-25-23-21-19-17-15-13-11-9-7-2/h8,10,14,16,19-22,25-28,32,34,38,40,44,46,49,51,55,57,61,63,67,69,73,75,92,96H,6-7,9,11-13,15,17-18,23-24,29-31,33,35-37,39,41-43,45,47-48,50,52-54,56,58-60,62,64-66,68,70-72,74,76-91H2,1-5H3/p+1/b10-8-,16-14-,21-19-,22-20-,27-25-,28-26-,34-32-,40-38-,46-44-,51-49-,57-55-,63-61-,69-67-,75-73-. The normalized spacial score (nSPS) is 13.5. The van der Waals surface area contributed by atoms with Crippen LogP contribution in [0.5, 0.6) is 0 Å². The number of ether oxygens (including phenoxy) is 4. The number of hydrogen-bond acceptors (Lipinski definition) is 7. The van der Waals surface area contributed by atoms with Gasteiger partial charge in [-0.1, -0.05) is 383 Å². The van der Waals surface area contributed by atoms with E-state index in [1.54, 1.807) is 0 Å². The van der Waals surface area contributed by atoms with E-state index in [0.29, 0.717) is 23.9 Å². The van der Waals surface area contributed by atoms with E-state index in [0.717, 1.165) is 128 Å². The minimum absolute atomic E-state index is 0.176. The highest BCUT2D eigenvalue weighted by molar-refractivity contribution is 5.71. The Bertz CT molecular complexity index is 2350. The predicted molar refractivity (Wildman–Crippen MR) is 456 cm³/mol. The van der Waals surface area contributed by atoms with Crippen molar-refractivity contribution in [2.75, 3.05) is 47.5 Å². The Morgan fingerprint density at radius 2 is 0.543 bits per heavy atom. The lowest BCUT2D eigenvalue weighted by molar-refractivity contribution is -0.870. The molecule has 0 spiro atoms. The molecule has 0 aromatic carbocycles. The third kappa shape index (κ3) is 85.8. The molecule has 0 amide bonds. The summed E-state index contributed by atoms with van der Waals surface area (Å²) in [4.78, 5) is 37.8. The van der Waals surface area contributed by atoms with Crippen LogP contribution in [0.1, 0.15) is 361 Å². The number of carboxylic acid groups (broad SMARTS) is 1. The Morgan fingerprint density at radius 1 is 0.295 bits per heavy atom. The van der Waals surface area contributed by atoms with Crippen LogP contribution in [0.4, 0.5) is 0 Å². The highest BCUT2D eigenvalue weighted by Crippen LogP contribution is 2.19. The average Bonchev–Trinajstić information content (AvgIpc) is 1.18. The van der Waals surface area contributed by atoms with E-state index in [1.807, 2.05) is 21.1 Å². The molecule has 0 aromatic rings. The molecule has 0 aliphatic heterocycles. The molecule has 0 fully saturated rings. The van der Waals surface area contributed by atoms with E-state index >= 15 is 0 Å². The van der Waals surface area contributed by atoms with Gasteiger partial charge in [0.15, 0.2) is 6.10 Å². The summed E-state index contributed by atoms with van der Waals surface area (Å²) in [6.07, 6.45) is 124. The summed E-state index contributed by atoms with van der Waals surface area (Å²) < 4.78 is 23.0. The zero-order valence-corrected chi connectivity index (χ0v) is 68.6. The van der Waals surface area contributed by atoms with Crippen molar-refractivity contribution in [2.45, 2.75) is 373 Å². The topological polar surface area (TPSA) is 108 Å². The second kappa shape index (κ2) is 84.3. The predicted octanol–water partition coefficient (Wildman–Crippen LogP) is 28.5. The van der Waals surface area contributed by atoms with E-state index in [1.165, 1.54) is 199 Å². The number of carbonyl (C=O) groups excluding carboxylic acids is 2. The molecule has 0 saturated heterocycles. The molecular weight excluding hydrogens is 1300 g/mol. The Hall–Kier alpha value is -5.35. The molecule has 0 aromatic heterocycles. The van der Waals surface area contributed by atoms with Crippen molar-refractivity contribution in [3.8, 4) is 0 Å². The van der Waals surface area contributed by atoms with Crippen LogP contribution in [-0.4, -0.2) is 87.4 Å². The number of hydrogen-bond donors (Lipinski definition) is 1. The highest BCUT2D eigenvalue weighted by Gasteiger charge is 2.25.